The first-order chi connectivity index (χ1) is 11.8. The minimum Gasteiger partial charge on any atom is -0.338 e. The second-order valence-corrected chi connectivity index (χ2v) is 6.16. The molecule has 2 heterocycles. The summed E-state index contributed by atoms with van der Waals surface area (Å²) in [6, 6.07) is 9.62. The van der Waals surface area contributed by atoms with E-state index < -0.39 is 0 Å². The maximum absolute atomic E-state index is 13.1. The molecule has 2 aromatic rings. The molecule has 0 radical (unpaired) electrons. The minimum absolute atomic E-state index is 0.0994. The standard InChI is InChI=1S/C17H24N6O/c1-2-8-21-9-11-22(12-10-21)17(24)16(23-14-18-19-20-23)13-15-6-4-3-5-7-15/h3-7,14,16H,2,8-13H2,1H3/t16-/m1/s1. The number of rotatable bonds is 6. The van der Waals surface area contributed by atoms with Crippen LogP contribution in [0.3, 0.4) is 0 Å². The van der Waals surface area contributed by atoms with Gasteiger partial charge in [-0.05, 0) is 29.0 Å². The van der Waals surface area contributed by atoms with Crippen molar-refractivity contribution in [3.63, 3.8) is 0 Å². The maximum Gasteiger partial charge on any atom is 0.248 e. The predicted octanol–water partition coefficient (Wildman–Crippen LogP) is 1.01. The van der Waals surface area contributed by atoms with E-state index in [2.05, 4.69) is 27.3 Å². The average Bonchev–Trinajstić information content (AvgIpc) is 3.15. The molecule has 7 nitrogen and oxygen atoms in total. The predicted molar refractivity (Wildman–Crippen MR) is 90.3 cm³/mol. The van der Waals surface area contributed by atoms with Crippen LogP contribution >= 0.6 is 0 Å². The molecule has 1 aromatic carbocycles. The van der Waals surface area contributed by atoms with Crippen LogP contribution in [0.4, 0.5) is 0 Å². The van der Waals surface area contributed by atoms with Gasteiger partial charge in [0.05, 0.1) is 0 Å². The Labute approximate surface area is 142 Å². The molecule has 128 valence electrons. The molecule has 0 saturated carbocycles. The van der Waals surface area contributed by atoms with E-state index in [1.54, 1.807) is 4.68 Å². The highest BCUT2D eigenvalue weighted by Gasteiger charge is 2.29. The summed E-state index contributed by atoms with van der Waals surface area (Å²) in [5.74, 6) is 0.0994. The number of nitrogens with zero attached hydrogens (tertiary/aromatic N) is 6. The number of carbonyl (C=O) groups excluding carboxylic acids is 1. The van der Waals surface area contributed by atoms with E-state index in [1.807, 2.05) is 35.2 Å². The van der Waals surface area contributed by atoms with Crippen molar-refractivity contribution in [1.82, 2.24) is 30.0 Å². The van der Waals surface area contributed by atoms with Crippen LogP contribution in [-0.4, -0.2) is 68.6 Å². The minimum atomic E-state index is -0.389. The van der Waals surface area contributed by atoms with E-state index in [1.165, 1.54) is 6.33 Å². The molecule has 0 bridgehead atoms. The van der Waals surface area contributed by atoms with Crippen LogP contribution in [0.1, 0.15) is 24.9 Å². The molecule has 1 aliphatic heterocycles. The summed E-state index contributed by atoms with van der Waals surface area (Å²) in [5.41, 5.74) is 1.11. The molecule has 0 spiro atoms. The van der Waals surface area contributed by atoms with Crippen molar-refractivity contribution in [2.45, 2.75) is 25.8 Å². The van der Waals surface area contributed by atoms with E-state index >= 15 is 0 Å². The fourth-order valence-electron chi connectivity index (χ4n) is 3.16. The Kier molecular flexibility index (Phi) is 5.53. The van der Waals surface area contributed by atoms with Crippen LogP contribution < -0.4 is 0 Å². The van der Waals surface area contributed by atoms with Gasteiger partial charge in [-0.3, -0.25) is 9.69 Å². The smallest absolute Gasteiger partial charge is 0.248 e. The van der Waals surface area contributed by atoms with Crippen LogP contribution in [0.2, 0.25) is 0 Å². The molecule has 1 atom stereocenters. The lowest BCUT2D eigenvalue weighted by Gasteiger charge is -2.36. The molecule has 1 fully saturated rings. The van der Waals surface area contributed by atoms with Gasteiger partial charge in [0, 0.05) is 32.6 Å². The van der Waals surface area contributed by atoms with Crippen LogP contribution in [0, 0.1) is 0 Å². The van der Waals surface area contributed by atoms with Gasteiger partial charge in [-0.2, -0.15) is 0 Å². The Morgan fingerprint density at radius 2 is 1.92 bits per heavy atom. The third kappa shape index (κ3) is 3.97. The third-order valence-electron chi connectivity index (χ3n) is 4.46. The third-order valence-corrected chi connectivity index (χ3v) is 4.46. The Bertz CT molecular complexity index is 622. The number of hydrogen-bond donors (Lipinski definition) is 0. The fraction of sp³-hybridized carbons (Fsp3) is 0.529. The highest BCUT2D eigenvalue weighted by molar-refractivity contribution is 5.80. The van der Waals surface area contributed by atoms with Gasteiger partial charge in [-0.1, -0.05) is 37.3 Å². The van der Waals surface area contributed by atoms with E-state index in [9.17, 15) is 4.79 Å². The highest BCUT2D eigenvalue weighted by atomic mass is 16.2. The topological polar surface area (TPSA) is 67.2 Å². The first kappa shape index (κ1) is 16.6. The number of aromatic nitrogens is 4. The lowest BCUT2D eigenvalue weighted by atomic mass is 10.0. The molecule has 0 N–H and O–H groups in total. The Morgan fingerprint density at radius 3 is 2.54 bits per heavy atom. The second-order valence-electron chi connectivity index (χ2n) is 6.16. The number of carbonyl (C=O) groups is 1. The van der Waals surface area contributed by atoms with E-state index in [-0.39, 0.29) is 11.9 Å². The van der Waals surface area contributed by atoms with Crippen molar-refractivity contribution in [2.75, 3.05) is 32.7 Å². The summed E-state index contributed by atoms with van der Waals surface area (Å²) >= 11 is 0. The molecule has 1 aliphatic rings. The molecule has 1 amide bonds. The zero-order chi connectivity index (χ0) is 16.8. The Hall–Kier alpha value is -2.28. The van der Waals surface area contributed by atoms with Gasteiger partial charge in [0.1, 0.15) is 12.4 Å². The Balaban J connectivity index is 1.70. The maximum atomic E-state index is 13.1. The van der Waals surface area contributed by atoms with Gasteiger partial charge in [-0.25, -0.2) is 4.68 Å². The average molecular weight is 328 g/mol. The van der Waals surface area contributed by atoms with Crippen molar-refractivity contribution in [2.24, 2.45) is 0 Å². The number of amides is 1. The zero-order valence-electron chi connectivity index (χ0n) is 14.1. The summed E-state index contributed by atoms with van der Waals surface area (Å²) in [4.78, 5) is 17.4. The van der Waals surface area contributed by atoms with Gasteiger partial charge < -0.3 is 4.90 Å². The fourth-order valence-corrected chi connectivity index (χ4v) is 3.16. The second kappa shape index (κ2) is 8.01. The van der Waals surface area contributed by atoms with Crippen molar-refractivity contribution in [3.05, 3.63) is 42.2 Å². The van der Waals surface area contributed by atoms with Crippen LogP contribution in [0.5, 0.6) is 0 Å². The molecular formula is C17H24N6O. The Morgan fingerprint density at radius 1 is 1.17 bits per heavy atom. The van der Waals surface area contributed by atoms with E-state index in [4.69, 9.17) is 0 Å². The molecule has 0 aliphatic carbocycles. The molecule has 1 saturated heterocycles. The molecule has 0 unspecified atom stereocenters. The van der Waals surface area contributed by atoms with Gasteiger partial charge in [0.2, 0.25) is 5.91 Å². The lowest BCUT2D eigenvalue weighted by Crippen LogP contribution is -2.51. The summed E-state index contributed by atoms with van der Waals surface area (Å²) < 4.78 is 1.58. The number of tetrazole rings is 1. The van der Waals surface area contributed by atoms with Crippen LogP contribution in [-0.2, 0) is 11.2 Å². The summed E-state index contributed by atoms with van der Waals surface area (Å²) in [5, 5.41) is 11.4. The summed E-state index contributed by atoms with van der Waals surface area (Å²) in [7, 11) is 0. The van der Waals surface area contributed by atoms with Gasteiger partial charge in [0.15, 0.2) is 0 Å². The summed E-state index contributed by atoms with van der Waals surface area (Å²) in [6.45, 7) is 6.70. The van der Waals surface area contributed by atoms with E-state index in [0.29, 0.717) is 6.42 Å². The normalized spacial score (nSPS) is 17.0. The van der Waals surface area contributed by atoms with Crippen molar-refractivity contribution < 1.29 is 4.79 Å². The molecular weight excluding hydrogens is 304 g/mol. The van der Waals surface area contributed by atoms with Gasteiger partial charge in [0.25, 0.3) is 0 Å². The first-order valence-corrected chi connectivity index (χ1v) is 8.55. The lowest BCUT2D eigenvalue weighted by molar-refractivity contribution is -0.136. The number of piperazine rings is 1. The quantitative estimate of drug-likeness (QED) is 0.792. The molecule has 7 heteroatoms. The largest absolute Gasteiger partial charge is 0.338 e. The number of hydrogen-bond acceptors (Lipinski definition) is 5. The monoisotopic (exact) mass is 328 g/mol. The van der Waals surface area contributed by atoms with Gasteiger partial charge >= 0.3 is 0 Å². The molecule has 3 rings (SSSR count). The van der Waals surface area contributed by atoms with Crippen molar-refractivity contribution in [1.29, 1.82) is 0 Å². The van der Waals surface area contributed by atoms with Crippen molar-refractivity contribution in [3.8, 4) is 0 Å². The SMILES string of the molecule is CCCN1CCN(C(=O)[C@@H](Cc2ccccc2)n2cnnn2)CC1. The highest BCUT2D eigenvalue weighted by Crippen LogP contribution is 2.17. The van der Waals surface area contributed by atoms with Crippen LogP contribution in [0.25, 0.3) is 0 Å². The zero-order valence-corrected chi connectivity index (χ0v) is 14.1. The van der Waals surface area contributed by atoms with Gasteiger partial charge in [-0.15, -0.1) is 5.10 Å². The first-order valence-electron chi connectivity index (χ1n) is 8.55. The van der Waals surface area contributed by atoms with Crippen molar-refractivity contribution >= 4 is 5.91 Å². The summed E-state index contributed by atoms with van der Waals surface area (Å²) in [6.07, 6.45) is 3.27. The molecule has 24 heavy (non-hydrogen) atoms. The molecule has 1 aromatic heterocycles. The number of benzene rings is 1. The van der Waals surface area contributed by atoms with Crippen LogP contribution in [0.15, 0.2) is 36.7 Å². The van der Waals surface area contributed by atoms with E-state index in [0.717, 1.165) is 44.7 Å².